The van der Waals surface area contributed by atoms with Crippen molar-refractivity contribution < 1.29 is 9.59 Å². The minimum atomic E-state index is -0.305. The van der Waals surface area contributed by atoms with E-state index in [1.807, 2.05) is 0 Å². The first-order valence-corrected chi connectivity index (χ1v) is 8.78. The molecule has 0 spiro atoms. The third-order valence-corrected chi connectivity index (χ3v) is 4.00. The molecule has 2 rings (SSSR count). The van der Waals surface area contributed by atoms with Crippen LogP contribution in [-0.4, -0.2) is 37.1 Å². The molecular weight excluding hydrogens is 375 g/mol. The largest absolute Gasteiger partial charge is 0.338 e. The molecule has 138 valence electrons. The standard InChI is InChI=1S/C18H20Cl2N4O2/c1-24(18(26)23-16-9-5-14(20)6-10-16)12-2-11-21-17(25)22-15-7-3-13(19)4-8-15/h3-10H,2,11-12H2,1H3,(H,23,26)(H2,21,22,25). The lowest BCUT2D eigenvalue weighted by Gasteiger charge is -2.18. The fourth-order valence-electron chi connectivity index (χ4n) is 2.08. The number of halogens is 2. The second-order valence-electron chi connectivity index (χ2n) is 5.60. The van der Waals surface area contributed by atoms with E-state index < -0.39 is 0 Å². The van der Waals surface area contributed by atoms with Gasteiger partial charge in [0.1, 0.15) is 0 Å². The smallest absolute Gasteiger partial charge is 0.321 e. The average molecular weight is 395 g/mol. The number of nitrogens with zero attached hydrogens (tertiary/aromatic N) is 1. The zero-order chi connectivity index (χ0) is 18.9. The molecule has 0 heterocycles. The minimum absolute atomic E-state index is 0.224. The van der Waals surface area contributed by atoms with E-state index in [9.17, 15) is 9.59 Å². The molecule has 0 saturated carbocycles. The van der Waals surface area contributed by atoms with Gasteiger partial charge in [-0.1, -0.05) is 23.2 Å². The summed E-state index contributed by atoms with van der Waals surface area (Å²) in [4.78, 5) is 25.4. The second kappa shape index (κ2) is 9.89. The lowest BCUT2D eigenvalue weighted by molar-refractivity contribution is 0.221. The van der Waals surface area contributed by atoms with E-state index in [-0.39, 0.29) is 12.1 Å². The highest BCUT2D eigenvalue weighted by atomic mass is 35.5. The van der Waals surface area contributed by atoms with Crippen LogP contribution in [0.25, 0.3) is 0 Å². The number of anilines is 2. The molecule has 0 aliphatic rings. The fourth-order valence-corrected chi connectivity index (χ4v) is 2.33. The van der Waals surface area contributed by atoms with Crippen molar-refractivity contribution in [1.29, 1.82) is 0 Å². The maximum absolute atomic E-state index is 12.1. The SMILES string of the molecule is CN(CCCNC(=O)Nc1ccc(Cl)cc1)C(=O)Nc1ccc(Cl)cc1. The molecule has 0 fully saturated rings. The van der Waals surface area contributed by atoms with Crippen molar-refractivity contribution in [3.05, 3.63) is 58.6 Å². The van der Waals surface area contributed by atoms with Crippen molar-refractivity contribution in [2.45, 2.75) is 6.42 Å². The summed E-state index contributed by atoms with van der Waals surface area (Å²) in [7, 11) is 1.69. The van der Waals surface area contributed by atoms with Crippen molar-refractivity contribution >= 4 is 46.6 Å². The van der Waals surface area contributed by atoms with Gasteiger partial charge in [-0.25, -0.2) is 9.59 Å². The molecule has 0 atom stereocenters. The van der Waals surface area contributed by atoms with Gasteiger partial charge in [0.25, 0.3) is 0 Å². The molecule has 0 bridgehead atoms. The van der Waals surface area contributed by atoms with Crippen molar-refractivity contribution in [1.82, 2.24) is 10.2 Å². The van der Waals surface area contributed by atoms with E-state index in [1.165, 1.54) is 0 Å². The van der Waals surface area contributed by atoms with Gasteiger partial charge in [-0.05, 0) is 55.0 Å². The lowest BCUT2D eigenvalue weighted by atomic mass is 10.3. The second-order valence-corrected chi connectivity index (χ2v) is 6.47. The van der Waals surface area contributed by atoms with Crippen LogP contribution in [0.5, 0.6) is 0 Å². The highest BCUT2D eigenvalue weighted by molar-refractivity contribution is 6.30. The molecule has 0 aliphatic carbocycles. The molecule has 4 amide bonds. The van der Waals surface area contributed by atoms with Gasteiger partial charge in [0.05, 0.1) is 0 Å². The quantitative estimate of drug-likeness (QED) is 0.622. The topological polar surface area (TPSA) is 73.5 Å². The van der Waals surface area contributed by atoms with Gasteiger partial charge in [-0.3, -0.25) is 0 Å². The van der Waals surface area contributed by atoms with Crippen LogP contribution >= 0.6 is 23.2 Å². The number of benzene rings is 2. The first-order valence-electron chi connectivity index (χ1n) is 8.02. The number of hydrogen-bond donors (Lipinski definition) is 3. The Morgan fingerprint density at radius 1 is 0.885 bits per heavy atom. The summed E-state index contributed by atoms with van der Waals surface area (Å²) in [5.74, 6) is 0. The Labute approximate surface area is 162 Å². The van der Waals surface area contributed by atoms with Gasteiger partial charge in [-0.2, -0.15) is 0 Å². The van der Waals surface area contributed by atoms with Gasteiger partial charge in [-0.15, -0.1) is 0 Å². The molecule has 2 aromatic rings. The molecular formula is C18H20Cl2N4O2. The maximum Gasteiger partial charge on any atom is 0.321 e. The summed E-state index contributed by atoms with van der Waals surface area (Å²) in [6, 6.07) is 13.2. The predicted molar refractivity (Wildman–Crippen MR) is 106 cm³/mol. The summed E-state index contributed by atoms with van der Waals surface area (Å²) >= 11 is 11.6. The highest BCUT2D eigenvalue weighted by Gasteiger charge is 2.08. The Balaban J connectivity index is 1.65. The summed E-state index contributed by atoms with van der Waals surface area (Å²) in [6.45, 7) is 0.943. The third-order valence-electron chi connectivity index (χ3n) is 3.50. The Morgan fingerprint density at radius 2 is 1.38 bits per heavy atom. The van der Waals surface area contributed by atoms with Crippen LogP contribution in [0.4, 0.5) is 21.0 Å². The van der Waals surface area contributed by atoms with Gasteiger partial charge in [0.15, 0.2) is 0 Å². The van der Waals surface area contributed by atoms with Crippen LogP contribution < -0.4 is 16.0 Å². The minimum Gasteiger partial charge on any atom is -0.338 e. The Bertz CT molecular complexity index is 736. The average Bonchev–Trinajstić information content (AvgIpc) is 2.62. The fraction of sp³-hybridized carbons (Fsp3) is 0.222. The highest BCUT2D eigenvalue weighted by Crippen LogP contribution is 2.14. The number of urea groups is 2. The third kappa shape index (κ3) is 6.82. The van der Waals surface area contributed by atoms with E-state index in [4.69, 9.17) is 23.2 Å². The number of carbonyl (C=O) groups excluding carboxylic acids is 2. The van der Waals surface area contributed by atoms with Crippen molar-refractivity contribution in [2.24, 2.45) is 0 Å². The number of amides is 4. The van der Waals surface area contributed by atoms with Gasteiger partial charge in [0.2, 0.25) is 0 Å². The van der Waals surface area contributed by atoms with Crippen LogP contribution in [0.1, 0.15) is 6.42 Å². The number of rotatable bonds is 6. The van der Waals surface area contributed by atoms with E-state index in [1.54, 1.807) is 60.5 Å². The first-order chi connectivity index (χ1) is 12.4. The summed E-state index contributed by atoms with van der Waals surface area (Å²) < 4.78 is 0. The van der Waals surface area contributed by atoms with Crippen molar-refractivity contribution in [2.75, 3.05) is 30.8 Å². The van der Waals surface area contributed by atoms with Crippen LogP contribution in [0.2, 0.25) is 10.0 Å². The zero-order valence-electron chi connectivity index (χ0n) is 14.3. The maximum atomic E-state index is 12.1. The predicted octanol–water partition coefficient (Wildman–Crippen LogP) is 4.67. The summed E-state index contributed by atoms with van der Waals surface area (Å²) in [5, 5.41) is 9.44. The molecule has 3 N–H and O–H groups in total. The number of nitrogens with one attached hydrogen (secondary N) is 3. The molecule has 0 aromatic heterocycles. The Hall–Kier alpha value is -2.44. The van der Waals surface area contributed by atoms with Crippen LogP contribution in [-0.2, 0) is 0 Å². The molecule has 8 heteroatoms. The van der Waals surface area contributed by atoms with E-state index in [0.717, 1.165) is 0 Å². The van der Waals surface area contributed by atoms with Gasteiger partial charge >= 0.3 is 12.1 Å². The van der Waals surface area contributed by atoms with Crippen LogP contribution in [0.3, 0.4) is 0 Å². The lowest BCUT2D eigenvalue weighted by Crippen LogP contribution is -2.35. The van der Waals surface area contributed by atoms with Crippen molar-refractivity contribution in [3.8, 4) is 0 Å². The molecule has 0 unspecified atom stereocenters. The monoisotopic (exact) mass is 394 g/mol. The van der Waals surface area contributed by atoms with E-state index in [0.29, 0.717) is 40.9 Å². The molecule has 0 saturated heterocycles. The Morgan fingerprint density at radius 3 is 1.92 bits per heavy atom. The van der Waals surface area contributed by atoms with Crippen LogP contribution in [0, 0.1) is 0 Å². The number of hydrogen-bond acceptors (Lipinski definition) is 2. The normalized spacial score (nSPS) is 10.1. The molecule has 0 radical (unpaired) electrons. The molecule has 2 aromatic carbocycles. The molecule has 0 aliphatic heterocycles. The number of carbonyl (C=O) groups is 2. The molecule has 26 heavy (non-hydrogen) atoms. The van der Waals surface area contributed by atoms with Crippen LogP contribution in [0.15, 0.2) is 48.5 Å². The molecule has 6 nitrogen and oxygen atoms in total. The summed E-state index contributed by atoms with van der Waals surface area (Å²) in [6.07, 6.45) is 0.624. The van der Waals surface area contributed by atoms with Gasteiger partial charge < -0.3 is 20.9 Å². The van der Waals surface area contributed by atoms with E-state index >= 15 is 0 Å². The van der Waals surface area contributed by atoms with Crippen molar-refractivity contribution in [3.63, 3.8) is 0 Å². The summed E-state index contributed by atoms with van der Waals surface area (Å²) in [5.41, 5.74) is 1.33. The first kappa shape index (κ1) is 19.9. The van der Waals surface area contributed by atoms with Gasteiger partial charge in [0, 0.05) is 41.6 Å². The van der Waals surface area contributed by atoms with E-state index in [2.05, 4.69) is 16.0 Å². The Kier molecular flexibility index (Phi) is 7.56. The zero-order valence-corrected chi connectivity index (χ0v) is 15.8.